The Morgan fingerprint density at radius 3 is 2.25 bits per heavy atom. The number of para-hydroxylation sites is 1. The summed E-state index contributed by atoms with van der Waals surface area (Å²) in [5.74, 6) is -0.0449. The maximum Gasteiger partial charge on any atom is 0.243 e. The molecule has 2 aromatic carbocycles. The van der Waals surface area contributed by atoms with Crippen molar-refractivity contribution < 1.29 is 4.79 Å². The molecule has 2 aromatic rings. The van der Waals surface area contributed by atoms with Crippen molar-refractivity contribution in [2.45, 2.75) is 27.2 Å². The smallest absolute Gasteiger partial charge is 0.243 e. The van der Waals surface area contributed by atoms with E-state index in [-0.39, 0.29) is 12.5 Å². The molecule has 128 valence electrons. The molecule has 1 amide bonds. The molecule has 0 aromatic heterocycles. The lowest BCUT2D eigenvalue weighted by Gasteiger charge is -2.21. The fourth-order valence-electron chi connectivity index (χ4n) is 2.73. The van der Waals surface area contributed by atoms with E-state index in [9.17, 15) is 4.79 Å². The first-order chi connectivity index (χ1) is 11.7. The Hall–Kier alpha value is -2.49. The van der Waals surface area contributed by atoms with E-state index < -0.39 is 0 Å². The van der Waals surface area contributed by atoms with Gasteiger partial charge in [-0.2, -0.15) is 0 Å². The van der Waals surface area contributed by atoms with E-state index in [4.69, 9.17) is 0 Å². The van der Waals surface area contributed by atoms with E-state index in [1.165, 1.54) is 11.3 Å². The maximum atomic E-state index is 12.1. The number of nitrogens with zero attached hydrogens (tertiary/aromatic N) is 1. The summed E-state index contributed by atoms with van der Waals surface area (Å²) in [6, 6.07) is 16.1. The standard InChI is InChI=1S/C20H27N3O/c1-4-16-9-7-8-10-19(16)21-15-20(24)22-17-11-13-18(14-12-17)23(5-2)6-3/h7-14,21H,4-6,15H2,1-3H3,(H,22,24). The van der Waals surface area contributed by atoms with Crippen LogP contribution in [-0.4, -0.2) is 25.5 Å². The summed E-state index contributed by atoms with van der Waals surface area (Å²) in [5.41, 5.74) is 4.23. The number of rotatable bonds is 8. The van der Waals surface area contributed by atoms with E-state index >= 15 is 0 Å². The van der Waals surface area contributed by atoms with Crippen molar-refractivity contribution in [2.24, 2.45) is 0 Å². The lowest BCUT2D eigenvalue weighted by Crippen LogP contribution is -2.23. The van der Waals surface area contributed by atoms with Gasteiger partial charge in [0.05, 0.1) is 6.54 Å². The Labute approximate surface area is 144 Å². The van der Waals surface area contributed by atoms with Gasteiger partial charge in [-0.15, -0.1) is 0 Å². The lowest BCUT2D eigenvalue weighted by molar-refractivity contribution is -0.114. The predicted octanol–water partition coefficient (Wildman–Crippen LogP) is 4.15. The average molecular weight is 325 g/mol. The number of carbonyl (C=O) groups is 1. The van der Waals surface area contributed by atoms with Crippen LogP contribution < -0.4 is 15.5 Å². The fourth-order valence-corrected chi connectivity index (χ4v) is 2.73. The van der Waals surface area contributed by atoms with Gasteiger partial charge in [-0.1, -0.05) is 25.1 Å². The number of hydrogen-bond acceptors (Lipinski definition) is 3. The van der Waals surface area contributed by atoms with Gasteiger partial charge < -0.3 is 15.5 Å². The summed E-state index contributed by atoms with van der Waals surface area (Å²) in [5, 5.41) is 6.14. The minimum absolute atomic E-state index is 0.0449. The van der Waals surface area contributed by atoms with Crippen LogP contribution >= 0.6 is 0 Å². The summed E-state index contributed by atoms with van der Waals surface area (Å²) in [7, 11) is 0. The molecule has 0 aliphatic carbocycles. The molecule has 24 heavy (non-hydrogen) atoms. The molecule has 0 bridgehead atoms. The quantitative estimate of drug-likeness (QED) is 0.766. The molecular weight excluding hydrogens is 298 g/mol. The van der Waals surface area contributed by atoms with Crippen LogP contribution in [0.15, 0.2) is 48.5 Å². The molecule has 2 N–H and O–H groups in total. The number of anilines is 3. The zero-order valence-electron chi connectivity index (χ0n) is 14.8. The highest BCUT2D eigenvalue weighted by atomic mass is 16.1. The average Bonchev–Trinajstić information content (AvgIpc) is 2.62. The molecule has 0 saturated carbocycles. The van der Waals surface area contributed by atoms with Crippen molar-refractivity contribution in [3.63, 3.8) is 0 Å². The summed E-state index contributed by atoms with van der Waals surface area (Å²) in [6.45, 7) is 8.59. The second-order valence-corrected chi connectivity index (χ2v) is 5.63. The first kappa shape index (κ1) is 17.9. The summed E-state index contributed by atoms with van der Waals surface area (Å²) < 4.78 is 0. The monoisotopic (exact) mass is 325 g/mol. The van der Waals surface area contributed by atoms with Crippen LogP contribution in [-0.2, 0) is 11.2 Å². The largest absolute Gasteiger partial charge is 0.376 e. The van der Waals surface area contributed by atoms with Crippen LogP contribution in [0.25, 0.3) is 0 Å². The normalized spacial score (nSPS) is 10.3. The molecule has 0 aliphatic heterocycles. The van der Waals surface area contributed by atoms with Crippen LogP contribution in [0.2, 0.25) is 0 Å². The van der Waals surface area contributed by atoms with Gasteiger partial charge in [-0.05, 0) is 56.2 Å². The van der Waals surface area contributed by atoms with Crippen LogP contribution in [0, 0.1) is 0 Å². The van der Waals surface area contributed by atoms with Gasteiger partial charge in [0, 0.05) is 30.2 Å². The third kappa shape index (κ3) is 4.75. The number of carbonyl (C=O) groups excluding carboxylic acids is 1. The highest BCUT2D eigenvalue weighted by Gasteiger charge is 2.06. The van der Waals surface area contributed by atoms with Crippen molar-refractivity contribution in [1.29, 1.82) is 0 Å². The van der Waals surface area contributed by atoms with Gasteiger partial charge in [-0.3, -0.25) is 4.79 Å². The van der Waals surface area contributed by atoms with Gasteiger partial charge >= 0.3 is 0 Å². The van der Waals surface area contributed by atoms with Crippen molar-refractivity contribution in [3.8, 4) is 0 Å². The molecule has 4 nitrogen and oxygen atoms in total. The number of nitrogens with one attached hydrogen (secondary N) is 2. The fraction of sp³-hybridized carbons (Fsp3) is 0.350. The molecule has 4 heteroatoms. The topological polar surface area (TPSA) is 44.4 Å². The maximum absolute atomic E-state index is 12.1. The summed E-state index contributed by atoms with van der Waals surface area (Å²) in [4.78, 5) is 14.4. The predicted molar refractivity (Wildman–Crippen MR) is 103 cm³/mol. The van der Waals surface area contributed by atoms with Crippen molar-refractivity contribution >= 4 is 23.0 Å². The second kappa shape index (κ2) is 8.96. The van der Waals surface area contributed by atoms with Gasteiger partial charge in [0.1, 0.15) is 0 Å². The molecule has 0 unspecified atom stereocenters. The summed E-state index contributed by atoms with van der Waals surface area (Å²) >= 11 is 0. The van der Waals surface area contributed by atoms with Crippen molar-refractivity contribution in [2.75, 3.05) is 35.2 Å². The Morgan fingerprint density at radius 1 is 0.958 bits per heavy atom. The van der Waals surface area contributed by atoms with Crippen LogP contribution in [0.5, 0.6) is 0 Å². The zero-order chi connectivity index (χ0) is 17.4. The van der Waals surface area contributed by atoms with Gasteiger partial charge in [0.15, 0.2) is 0 Å². The summed E-state index contributed by atoms with van der Waals surface area (Å²) in [6.07, 6.45) is 0.942. The Balaban J connectivity index is 1.90. The lowest BCUT2D eigenvalue weighted by atomic mass is 10.1. The van der Waals surface area contributed by atoms with Gasteiger partial charge in [0.25, 0.3) is 0 Å². The number of amides is 1. The molecule has 2 rings (SSSR count). The SMILES string of the molecule is CCc1ccccc1NCC(=O)Nc1ccc(N(CC)CC)cc1. The highest BCUT2D eigenvalue weighted by molar-refractivity contribution is 5.94. The van der Waals surface area contributed by atoms with E-state index in [1.54, 1.807) is 0 Å². The van der Waals surface area contributed by atoms with Crippen LogP contribution in [0.4, 0.5) is 17.1 Å². The van der Waals surface area contributed by atoms with Crippen molar-refractivity contribution in [1.82, 2.24) is 0 Å². The van der Waals surface area contributed by atoms with Crippen LogP contribution in [0.3, 0.4) is 0 Å². The Morgan fingerprint density at radius 2 is 1.62 bits per heavy atom. The van der Waals surface area contributed by atoms with E-state index in [1.807, 2.05) is 42.5 Å². The Bertz CT molecular complexity index is 648. The third-order valence-electron chi connectivity index (χ3n) is 4.12. The number of aryl methyl sites for hydroxylation is 1. The van der Waals surface area contributed by atoms with Gasteiger partial charge in [-0.25, -0.2) is 0 Å². The molecule has 0 spiro atoms. The number of benzene rings is 2. The van der Waals surface area contributed by atoms with E-state index in [2.05, 4.69) is 42.4 Å². The van der Waals surface area contributed by atoms with E-state index in [0.717, 1.165) is 30.9 Å². The Kier molecular flexibility index (Phi) is 6.67. The van der Waals surface area contributed by atoms with Crippen molar-refractivity contribution in [3.05, 3.63) is 54.1 Å². The molecule has 0 atom stereocenters. The van der Waals surface area contributed by atoms with E-state index in [0.29, 0.717) is 0 Å². The zero-order valence-corrected chi connectivity index (χ0v) is 14.8. The molecule has 0 saturated heterocycles. The molecule has 0 heterocycles. The first-order valence-corrected chi connectivity index (χ1v) is 8.64. The minimum Gasteiger partial charge on any atom is -0.376 e. The third-order valence-corrected chi connectivity index (χ3v) is 4.12. The minimum atomic E-state index is -0.0449. The van der Waals surface area contributed by atoms with Crippen LogP contribution in [0.1, 0.15) is 26.3 Å². The molecule has 0 radical (unpaired) electrons. The molecular formula is C20H27N3O. The number of hydrogen-bond donors (Lipinski definition) is 2. The second-order valence-electron chi connectivity index (χ2n) is 5.63. The van der Waals surface area contributed by atoms with Gasteiger partial charge in [0.2, 0.25) is 5.91 Å². The first-order valence-electron chi connectivity index (χ1n) is 8.64. The highest BCUT2D eigenvalue weighted by Crippen LogP contribution is 2.18. The molecule has 0 aliphatic rings. The molecule has 0 fully saturated rings.